The SMILES string of the molecule is C/C=C(\Oc1ccccc1)C1CCCN1. The van der Waals surface area contributed by atoms with Crippen LogP contribution in [0.2, 0.25) is 0 Å². The second-order valence-electron chi connectivity index (χ2n) is 3.76. The minimum Gasteiger partial charge on any atom is -0.460 e. The second kappa shape index (κ2) is 4.99. The molecule has 15 heavy (non-hydrogen) atoms. The molecule has 1 N–H and O–H groups in total. The van der Waals surface area contributed by atoms with E-state index in [4.69, 9.17) is 4.74 Å². The summed E-state index contributed by atoms with van der Waals surface area (Å²) >= 11 is 0. The van der Waals surface area contributed by atoms with Gasteiger partial charge < -0.3 is 10.1 Å². The van der Waals surface area contributed by atoms with Crippen molar-refractivity contribution >= 4 is 0 Å². The van der Waals surface area contributed by atoms with Gasteiger partial charge in [-0.05, 0) is 44.5 Å². The van der Waals surface area contributed by atoms with E-state index in [9.17, 15) is 0 Å². The van der Waals surface area contributed by atoms with Crippen molar-refractivity contribution in [3.63, 3.8) is 0 Å². The van der Waals surface area contributed by atoms with Crippen LogP contribution in [0.25, 0.3) is 0 Å². The normalized spacial score (nSPS) is 21.7. The molecule has 1 heterocycles. The molecule has 0 aliphatic carbocycles. The number of benzene rings is 1. The lowest BCUT2D eigenvalue weighted by atomic mass is 10.2. The largest absolute Gasteiger partial charge is 0.460 e. The average Bonchev–Trinajstić information content (AvgIpc) is 2.81. The van der Waals surface area contributed by atoms with Gasteiger partial charge in [0.15, 0.2) is 0 Å². The second-order valence-corrected chi connectivity index (χ2v) is 3.76. The zero-order chi connectivity index (χ0) is 10.5. The Morgan fingerprint density at radius 3 is 2.80 bits per heavy atom. The molecule has 1 aromatic carbocycles. The van der Waals surface area contributed by atoms with Gasteiger partial charge >= 0.3 is 0 Å². The third-order valence-electron chi connectivity index (χ3n) is 2.67. The number of nitrogens with one attached hydrogen (secondary N) is 1. The van der Waals surface area contributed by atoms with Gasteiger partial charge in [-0.3, -0.25) is 0 Å². The molecule has 2 heteroatoms. The van der Waals surface area contributed by atoms with Crippen LogP contribution in [0.1, 0.15) is 19.8 Å². The van der Waals surface area contributed by atoms with E-state index in [1.807, 2.05) is 37.3 Å². The lowest BCUT2D eigenvalue weighted by molar-refractivity contribution is 0.369. The first-order valence-corrected chi connectivity index (χ1v) is 5.52. The summed E-state index contributed by atoms with van der Waals surface area (Å²) in [5.74, 6) is 1.96. The van der Waals surface area contributed by atoms with E-state index in [1.54, 1.807) is 0 Å². The molecule has 80 valence electrons. The van der Waals surface area contributed by atoms with Crippen LogP contribution >= 0.6 is 0 Å². The van der Waals surface area contributed by atoms with Crippen LogP contribution in [0.5, 0.6) is 5.75 Å². The molecule has 0 aromatic heterocycles. The van der Waals surface area contributed by atoms with E-state index in [-0.39, 0.29) is 0 Å². The minimum absolute atomic E-state index is 0.398. The summed E-state index contributed by atoms with van der Waals surface area (Å²) in [5.41, 5.74) is 0. The molecule has 0 spiro atoms. The van der Waals surface area contributed by atoms with Gasteiger partial charge in [0, 0.05) is 0 Å². The number of rotatable bonds is 3. The van der Waals surface area contributed by atoms with E-state index in [1.165, 1.54) is 12.8 Å². The van der Waals surface area contributed by atoms with Gasteiger partial charge in [0.1, 0.15) is 11.5 Å². The Hall–Kier alpha value is -1.28. The highest BCUT2D eigenvalue weighted by molar-refractivity contribution is 5.24. The molecule has 0 radical (unpaired) electrons. The fourth-order valence-electron chi connectivity index (χ4n) is 1.88. The summed E-state index contributed by atoms with van der Waals surface area (Å²) in [7, 11) is 0. The molecule has 2 rings (SSSR count). The molecule has 0 bridgehead atoms. The molecular weight excluding hydrogens is 186 g/mol. The quantitative estimate of drug-likeness (QED) is 0.763. The summed E-state index contributed by atoms with van der Waals surface area (Å²) in [6.45, 7) is 3.12. The molecule has 1 aromatic rings. The van der Waals surface area contributed by atoms with E-state index in [2.05, 4.69) is 11.4 Å². The van der Waals surface area contributed by atoms with Crippen molar-refractivity contribution in [1.82, 2.24) is 5.32 Å². The molecule has 1 atom stereocenters. The van der Waals surface area contributed by atoms with Gasteiger partial charge in [-0.25, -0.2) is 0 Å². The van der Waals surface area contributed by atoms with E-state index in [0.717, 1.165) is 18.1 Å². The molecule has 1 saturated heterocycles. The van der Waals surface area contributed by atoms with Crippen molar-refractivity contribution in [3.05, 3.63) is 42.2 Å². The standard InChI is InChI=1S/C13H17NO/c1-2-13(12-9-6-10-14-12)15-11-7-4-3-5-8-11/h2-5,7-8,12,14H,6,9-10H2,1H3/b13-2-. The van der Waals surface area contributed by atoms with Crippen LogP contribution in [-0.4, -0.2) is 12.6 Å². The van der Waals surface area contributed by atoms with Crippen LogP contribution in [-0.2, 0) is 0 Å². The lowest BCUT2D eigenvalue weighted by Crippen LogP contribution is -2.26. The Morgan fingerprint density at radius 1 is 1.40 bits per heavy atom. The molecule has 1 fully saturated rings. The van der Waals surface area contributed by atoms with Gasteiger partial charge in [0.2, 0.25) is 0 Å². The molecule has 1 aliphatic heterocycles. The van der Waals surface area contributed by atoms with E-state index < -0.39 is 0 Å². The minimum atomic E-state index is 0.398. The monoisotopic (exact) mass is 203 g/mol. The van der Waals surface area contributed by atoms with E-state index in [0.29, 0.717) is 6.04 Å². The smallest absolute Gasteiger partial charge is 0.127 e. The summed E-state index contributed by atoms with van der Waals surface area (Å²) in [4.78, 5) is 0. The number of hydrogen-bond acceptors (Lipinski definition) is 2. The van der Waals surface area contributed by atoms with Crippen molar-refractivity contribution in [3.8, 4) is 5.75 Å². The van der Waals surface area contributed by atoms with Crippen molar-refractivity contribution in [2.75, 3.05) is 6.54 Å². The first-order chi connectivity index (χ1) is 7.40. The van der Waals surface area contributed by atoms with Crippen LogP contribution in [0.4, 0.5) is 0 Å². The van der Waals surface area contributed by atoms with E-state index >= 15 is 0 Å². The molecule has 1 unspecified atom stereocenters. The van der Waals surface area contributed by atoms with Gasteiger partial charge in [-0.15, -0.1) is 0 Å². The lowest BCUT2D eigenvalue weighted by Gasteiger charge is -2.15. The zero-order valence-corrected chi connectivity index (χ0v) is 9.07. The average molecular weight is 203 g/mol. The molecule has 2 nitrogen and oxygen atoms in total. The predicted octanol–water partition coefficient (Wildman–Crippen LogP) is 2.72. The molecule has 1 aliphatic rings. The summed E-state index contributed by atoms with van der Waals surface area (Å²) in [6.07, 6.45) is 4.46. The highest BCUT2D eigenvalue weighted by atomic mass is 16.5. The summed E-state index contributed by atoms with van der Waals surface area (Å²) in [6, 6.07) is 10.3. The van der Waals surface area contributed by atoms with Gasteiger partial charge in [-0.1, -0.05) is 18.2 Å². The van der Waals surface area contributed by atoms with Gasteiger partial charge in [0.25, 0.3) is 0 Å². The number of para-hydroxylation sites is 1. The molecular formula is C13H17NO. The van der Waals surface area contributed by atoms with Crippen LogP contribution < -0.4 is 10.1 Å². The molecule has 0 amide bonds. The summed E-state index contributed by atoms with van der Waals surface area (Å²) in [5, 5.41) is 3.43. The number of hydrogen-bond donors (Lipinski definition) is 1. The van der Waals surface area contributed by atoms with Crippen LogP contribution in [0.15, 0.2) is 42.2 Å². The van der Waals surface area contributed by atoms with Crippen molar-refractivity contribution in [1.29, 1.82) is 0 Å². The number of ether oxygens (including phenoxy) is 1. The highest BCUT2D eigenvalue weighted by Gasteiger charge is 2.19. The first kappa shape index (κ1) is 10.2. The topological polar surface area (TPSA) is 21.3 Å². The van der Waals surface area contributed by atoms with Gasteiger partial charge in [0.05, 0.1) is 6.04 Å². The van der Waals surface area contributed by atoms with Crippen LogP contribution in [0, 0.1) is 0 Å². The molecule has 0 saturated carbocycles. The first-order valence-electron chi connectivity index (χ1n) is 5.52. The van der Waals surface area contributed by atoms with Crippen molar-refractivity contribution in [2.24, 2.45) is 0 Å². The predicted molar refractivity (Wildman–Crippen MR) is 61.9 cm³/mol. The summed E-state index contributed by atoms with van der Waals surface area (Å²) < 4.78 is 5.85. The highest BCUT2D eigenvalue weighted by Crippen LogP contribution is 2.19. The van der Waals surface area contributed by atoms with Crippen molar-refractivity contribution in [2.45, 2.75) is 25.8 Å². The fraction of sp³-hybridized carbons (Fsp3) is 0.385. The maximum Gasteiger partial charge on any atom is 0.127 e. The Kier molecular flexibility index (Phi) is 3.41. The fourth-order valence-corrected chi connectivity index (χ4v) is 1.88. The van der Waals surface area contributed by atoms with Crippen LogP contribution in [0.3, 0.4) is 0 Å². The Balaban J connectivity index is 2.03. The maximum absolute atomic E-state index is 5.85. The number of allylic oxidation sites excluding steroid dienone is 1. The maximum atomic E-state index is 5.85. The zero-order valence-electron chi connectivity index (χ0n) is 9.07. The Bertz CT molecular complexity index is 326. The Morgan fingerprint density at radius 2 is 2.20 bits per heavy atom. The Labute approximate surface area is 91.0 Å². The van der Waals surface area contributed by atoms with Gasteiger partial charge in [-0.2, -0.15) is 0 Å². The third-order valence-corrected chi connectivity index (χ3v) is 2.67. The van der Waals surface area contributed by atoms with Crippen molar-refractivity contribution < 1.29 is 4.74 Å². The third kappa shape index (κ3) is 2.60.